The first kappa shape index (κ1) is 11.9. The maximum atomic E-state index is 11.8. The monoisotopic (exact) mass is 226 g/mol. The van der Waals surface area contributed by atoms with Crippen molar-refractivity contribution in [1.29, 1.82) is 0 Å². The lowest BCUT2D eigenvalue weighted by Crippen LogP contribution is -2.44. The van der Waals surface area contributed by atoms with E-state index in [1.807, 2.05) is 11.9 Å². The number of carbonyl (C=O) groups is 1. The van der Waals surface area contributed by atoms with Gasteiger partial charge in [0, 0.05) is 13.1 Å². The van der Waals surface area contributed by atoms with Crippen LogP contribution < -0.4 is 5.32 Å². The Balaban J connectivity index is 1.65. The molecule has 1 aliphatic heterocycles. The van der Waals surface area contributed by atoms with Crippen LogP contribution in [0.25, 0.3) is 0 Å². The van der Waals surface area contributed by atoms with Crippen molar-refractivity contribution in [2.75, 3.05) is 26.7 Å². The van der Waals surface area contributed by atoms with Gasteiger partial charge in [-0.25, -0.2) is 0 Å². The van der Waals surface area contributed by atoms with Gasteiger partial charge >= 0.3 is 0 Å². The number of ether oxygens (including phenoxy) is 1. The number of piperidine rings is 1. The lowest BCUT2D eigenvalue weighted by Gasteiger charge is -2.35. The quantitative estimate of drug-likeness (QED) is 0.769. The summed E-state index contributed by atoms with van der Waals surface area (Å²) in [6.45, 7) is 2.28. The van der Waals surface area contributed by atoms with Crippen LogP contribution in [0.3, 0.4) is 0 Å². The van der Waals surface area contributed by atoms with Gasteiger partial charge in [-0.15, -0.1) is 0 Å². The molecule has 0 atom stereocenters. The summed E-state index contributed by atoms with van der Waals surface area (Å²) in [5.74, 6) is 0.142. The summed E-state index contributed by atoms with van der Waals surface area (Å²) in [7, 11) is 1.90. The topological polar surface area (TPSA) is 41.6 Å². The van der Waals surface area contributed by atoms with Crippen LogP contribution in [0.2, 0.25) is 0 Å². The van der Waals surface area contributed by atoms with Gasteiger partial charge in [0.25, 0.3) is 0 Å². The Hall–Kier alpha value is -0.610. The zero-order chi connectivity index (χ0) is 11.4. The smallest absolute Gasteiger partial charge is 0.248 e. The van der Waals surface area contributed by atoms with E-state index < -0.39 is 0 Å². The average molecular weight is 226 g/mol. The summed E-state index contributed by atoms with van der Waals surface area (Å²) in [6, 6.07) is 0.476. The van der Waals surface area contributed by atoms with Crippen molar-refractivity contribution in [3.8, 4) is 0 Å². The number of nitrogens with one attached hydrogen (secondary N) is 1. The molecule has 0 spiro atoms. The molecule has 0 aromatic heterocycles. The molecule has 4 nitrogen and oxygen atoms in total. The van der Waals surface area contributed by atoms with Crippen molar-refractivity contribution in [3.05, 3.63) is 0 Å². The third-order valence-electron chi connectivity index (χ3n) is 3.74. The van der Waals surface area contributed by atoms with Crippen molar-refractivity contribution in [2.24, 2.45) is 0 Å². The summed E-state index contributed by atoms with van der Waals surface area (Å²) in [5, 5.41) is 3.29. The zero-order valence-electron chi connectivity index (χ0n) is 10.1. The van der Waals surface area contributed by atoms with Crippen molar-refractivity contribution < 1.29 is 9.53 Å². The van der Waals surface area contributed by atoms with E-state index in [1.54, 1.807) is 0 Å². The Kier molecular flexibility index (Phi) is 4.18. The predicted octanol–water partition coefficient (Wildman–Crippen LogP) is 0.766. The van der Waals surface area contributed by atoms with Gasteiger partial charge in [0.05, 0.1) is 6.10 Å². The molecule has 1 heterocycles. The van der Waals surface area contributed by atoms with Crippen LogP contribution in [0.5, 0.6) is 0 Å². The highest BCUT2D eigenvalue weighted by atomic mass is 16.5. The van der Waals surface area contributed by atoms with Gasteiger partial charge in [-0.05, 0) is 45.2 Å². The van der Waals surface area contributed by atoms with Gasteiger partial charge < -0.3 is 15.0 Å². The second-order valence-electron chi connectivity index (χ2n) is 4.85. The summed E-state index contributed by atoms with van der Waals surface area (Å²) >= 11 is 0. The molecule has 92 valence electrons. The molecule has 2 fully saturated rings. The highest BCUT2D eigenvalue weighted by molar-refractivity contribution is 5.77. The highest BCUT2D eigenvalue weighted by Crippen LogP contribution is 2.23. The molecule has 2 rings (SSSR count). The first-order chi connectivity index (χ1) is 7.77. The number of rotatable bonds is 4. The number of hydrogen-bond acceptors (Lipinski definition) is 3. The third-order valence-corrected chi connectivity index (χ3v) is 3.74. The Morgan fingerprint density at radius 3 is 2.56 bits per heavy atom. The van der Waals surface area contributed by atoms with Crippen molar-refractivity contribution in [3.63, 3.8) is 0 Å². The van der Waals surface area contributed by atoms with Crippen LogP contribution in [-0.2, 0) is 9.53 Å². The SMILES string of the molecule is CN(C(=O)COC1CCNCC1)C1CCC1. The van der Waals surface area contributed by atoms with Crippen LogP contribution in [0.1, 0.15) is 32.1 Å². The molecule has 1 saturated heterocycles. The van der Waals surface area contributed by atoms with Crippen molar-refractivity contribution >= 4 is 5.91 Å². The van der Waals surface area contributed by atoms with Gasteiger partial charge in [-0.1, -0.05) is 0 Å². The summed E-state index contributed by atoms with van der Waals surface area (Å²) < 4.78 is 5.65. The lowest BCUT2D eigenvalue weighted by atomic mass is 9.92. The van der Waals surface area contributed by atoms with Crippen molar-refractivity contribution in [2.45, 2.75) is 44.2 Å². The standard InChI is InChI=1S/C12H22N2O2/c1-14(10-3-2-4-10)12(15)9-16-11-5-7-13-8-6-11/h10-11,13H,2-9H2,1H3. The molecule has 16 heavy (non-hydrogen) atoms. The fourth-order valence-electron chi connectivity index (χ4n) is 2.23. The molecule has 0 radical (unpaired) electrons. The average Bonchev–Trinajstić information content (AvgIpc) is 2.25. The molecular formula is C12H22N2O2. The maximum absolute atomic E-state index is 11.8. The molecule has 0 aromatic rings. The fraction of sp³-hybridized carbons (Fsp3) is 0.917. The Morgan fingerprint density at radius 2 is 2.00 bits per heavy atom. The third kappa shape index (κ3) is 2.95. The van der Waals surface area contributed by atoms with E-state index in [4.69, 9.17) is 4.74 Å². The van der Waals surface area contributed by atoms with Gasteiger partial charge in [0.15, 0.2) is 0 Å². The van der Waals surface area contributed by atoms with Crippen LogP contribution in [0.15, 0.2) is 0 Å². The predicted molar refractivity (Wildman–Crippen MR) is 62.3 cm³/mol. The first-order valence-corrected chi connectivity index (χ1v) is 6.35. The Morgan fingerprint density at radius 1 is 1.31 bits per heavy atom. The second kappa shape index (κ2) is 5.64. The van der Waals surface area contributed by atoms with E-state index in [-0.39, 0.29) is 18.6 Å². The largest absolute Gasteiger partial charge is 0.368 e. The number of hydrogen-bond donors (Lipinski definition) is 1. The van der Waals surface area contributed by atoms with Gasteiger partial charge in [0.1, 0.15) is 6.61 Å². The fourth-order valence-corrected chi connectivity index (χ4v) is 2.23. The minimum Gasteiger partial charge on any atom is -0.368 e. The maximum Gasteiger partial charge on any atom is 0.248 e. The molecule has 4 heteroatoms. The van der Waals surface area contributed by atoms with Crippen LogP contribution in [0, 0.1) is 0 Å². The van der Waals surface area contributed by atoms with E-state index in [9.17, 15) is 4.79 Å². The number of nitrogens with zero attached hydrogens (tertiary/aromatic N) is 1. The van der Waals surface area contributed by atoms with E-state index in [1.165, 1.54) is 6.42 Å². The van der Waals surface area contributed by atoms with Gasteiger partial charge in [-0.3, -0.25) is 4.79 Å². The summed E-state index contributed by atoms with van der Waals surface area (Å²) in [6.07, 6.45) is 5.92. The Bertz CT molecular complexity index is 235. The molecule has 1 aliphatic carbocycles. The molecular weight excluding hydrogens is 204 g/mol. The molecule has 1 saturated carbocycles. The molecule has 1 N–H and O–H groups in total. The highest BCUT2D eigenvalue weighted by Gasteiger charge is 2.26. The van der Waals surface area contributed by atoms with Gasteiger partial charge in [0.2, 0.25) is 5.91 Å². The van der Waals surface area contributed by atoms with Crippen LogP contribution in [-0.4, -0.2) is 49.7 Å². The molecule has 0 bridgehead atoms. The minimum atomic E-state index is 0.142. The molecule has 0 aromatic carbocycles. The molecule has 0 unspecified atom stereocenters. The van der Waals surface area contributed by atoms with Gasteiger partial charge in [-0.2, -0.15) is 0 Å². The van der Waals surface area contributed by atoms with E-state index >= 15 is 0 Å². The second-order valence-corrected chi connectivity index (χ2v) is 4.85. The van der Waals surface area contributed by atoms with E-state index in [2.05, 4.69) is 5.32 Å². The molecule has 1 amide bonds. The van der Waals surface area contributed by atoms with Crippen molar-refractivity contribution in [1.82, 2.24) is 10.2 Å². The minimum absolute atomic E-state index is 0.142. The van der Waals surface area contributed by atoms with E-state index in [0.717, 1.165) is 38.8 Å². The summed E-state index contributed by atoms with van der Waals surface area (Å²) in [5.41, 5.74) is 0. The normalized spacial score (nSPS) is 22.8. The zero-order valence-corrected chi connectivity index (χ0v) is 10.1. The summed E-state index contributed by atoms with van der Waals surface area (Å²) in [4.78, 5) is 13.7. The molecule has 2 aliphatic rings. The Labute approximate surface area is 97.3 Å². The van der Waals surface area contributed by atoms with E-state index in [0.29, 0.717) is 6.04 Å². The first-order valence-electron chi connectivity index (χ1n) is 6.35. The number of likely N-dealkylation sites (N-methyl/N-ethyl adjacent to an activating group) is 1. The van der Waals surface area contributed by atoms with Crippen LogP contribution in [0.4, 0.5) is 0 Å². The lowest BCUT2D eigenvalue weighted by molar-refractivity contribution is -0.141. The van der Waals surface area contributed by atoms with Crippen LogP contribution >= 0.6 is 0 Å². The number of carbonyl (C=O) groups excluding carboxylic acids is 1. The number of amides is 1.